The van der Waals surface area contributed by atoms with Gasteiger partial charge in [0, 0.05) is 47.9 Å². The Morgan fingerprint density at radius 3 is 1.79 bits per heavy atom. The molecule has 0 fully saturated rings. The van der Waals surface area contributed by atoms with Crippen LogP contribution in [0.3, 0.4) is 0 Å². The van der Waals surface area contributed by atoms with E-state index in [9.17, 15) is 4.11 Å². The minimum absolute atomic E-state index is 0.0896. The van der Waals surface area contributed by atoms with Crippen LogP contribution in [0.4, 0.5) is 17.1 Å². The van der Waals surface area contributed by atoms with Gasteiger partial charge in [0.25, 0.3) is 0 Å². The van der Waals surface area contributed by atoms with Crippen molar-refractivity contribution in [1.82, 2.24) is 0 Å². The standard InChI is InChI=1S/C55H33NOS/c1-7-21-45-36(14-1)37-15-2-8-22-46(37)55(45)47-23-9-3-16-38(47)43-32-34(28-30-48(43)55)56(35-29-31-51-44(33-35)40-18-5-11-25-50(40)57-51)49-24-10-4-17-39(49)41-20-13-27-53-54(41)42-19-6-12-26-52(42)58-53/h1-33H/i4D,10D,17D,24D. The van der Waals surface area contributed by atoms with Crippen LogP contribution in [0.25, 0.3) is 75.5 Å². The Hall–Kier alpha value is -7.20. The Balaban J connectivity index is 1.14. The lowest BCUT2D eigenvalue weighted by Gasteiger charge is -2.31. The van der Waals surface area contributed by atoms with Crippen LogP contribution in [0.2, 0.25) is 0 Å². The van der Waals surface area contributed by atoms with Gasteiger partial charge in [0.05, 0.1) is 16.6 Å². The summed E-state index contributed by atoms with van der Waals surface area (Å²) in [5.74, 6) is 0. The molecule has 0 aliphatic heterocycles. The van der Waals surface area contributed by atoms with Gasteiger partial charge < -0.3 is 9.32 Å². The quantitative estimate of drug-likeness (QED) is 0.178. The lowest BCUT2D eigenvalue weighted by molar-refractivity contribution is 0.669. The molecule has 13 rings (SSSR count). The van der Waals surface area contributed by atoms with Crippen molar-refractivity contribution in [2.75, 3.05) is 4.90 Å². The summed E-state index contributed by atoms with van der Waals surface area (Å²) in [6, 6.07) is 60.5. The first kappa shape index (κ1) is 28.2. The molecule has 0 saturated carbocycles. The van der Waals surface area contributed by atoms with Gasteiger partial charge >= 0.3 is 0 Å². The summed E-state index contributed by atoms with van der Waals surface area (Å²) in [5.41, 5.74) is 13.7. The maximum Gasteiger partial charge on any atom is 0.135 e. The van der Waals surface area contributed by atoms with E-state index >= 15 is 0 Å². The molecule has 0 unspecified atom stereocenters. The van der Waals surface area contributed by atoms with Crippen molar-refractivity contribution in [3.63, 3.8) is 0 Å². The average molecular weight is 760 g/mol. The largest absolute Gasteiger partial charge is 0.456 e. The molecule has 11 aromatic rings. The van der Waals surface area contributed by atoms with Gasteiger partial charge in [-0.1, -0.05) is 146 Å². The van der Waals surface area contributed by atoms with E-state index in [4.69, 9.17) is 5.79 Å². The van der Waals surface area contributed by atoms with Crippen LogP contribution in [-0.2, 0) is 5.41 Å². The van der Waals surface area contributed by atoms with Crippen LogP contribution >= 0.6 is 11.3 Å². The second-order valence-electron chi connectivity index (χ2n) is 15.2. The highest BCUT2D eigenvalue weighted by Crippen LogP contribution is 2.63. The van der Waals surface area contributed by atoms with Gasteiger partial charge in [-0.3, -0.25) is 0 Å². The number of furan rings is 1. The predicted molar refractivity (Wildman–Crippen MR) is 243 cm³/mol. The molecule has 1 spiro atoms. The van der Waals surface area contributed by atoms with Gasteiger partial charge in [-0.15, -0.1) is 11.3 Å². The fraction of sp³-hybridized carbons (Fsp3) is 0.0182. The van der Waals surface area contributed by atoms with Crippen LogP contribution in [0.1, 0.15) is 27.7 Å². The Kier molecular flexibility index (Phi) is 5.80. The van der Waals surface area contributed by atoms with Crippen LogP contribution in [0, 0.1) is 0 Å². The van der Waals surface area contributed by atoms with Crippen LogP contribution in [-0.4, -0.2) is 0 Å². The third-order valence-corrected chi connectivity index (χ3v) is 13.6. The summed E-state index contributed by atoms with van der Waals surface area (Å²) < 4.78 is 46.4. The Bertz CT molecular complexity index is 3690. The molecule has 58 heavy (non-hydrogen) atoms. The van der Waals surface area contributed by atoms with Crippen molar-refractivity contribution in [2.45, 2.75) is 5.41 Å². The number of para-hydroxylation sites is 2. The fourth-order valence-corrected chi connectivity index (χ4v) is 11.3. The van der Waals surface area contributed by atoms with Gasteiger partial charge in [-0.05, 0) is 105 Å². The molecule has 3 heteroatoms. The molecule has 2 aliphatic carbocycles. The smallest absolute Gasteiger partial charge is 0.135 e. The highest BCUT2D eigenvalue weighted by atomic mass is 32.1. The molecule has 2 heterocycles. The summed E-state index contributed by atoms with van der Waals surface area (Å²) in [4.78, 5) is 2.05. The first-order chi connectivity index (χ1) is 30.4. The van der Waals surface area contributed by atoms with Crippen molar-refractivity contribution < 1.29 is 9.90 Å². The Morgan fingerprint density at radius 1 is 0.431 bits per heavy atom. The molecule has 0 radical (unpaired) electrons. The van der Waals surface area contributed by atoms with Gasteiger partial charge in [0.1, 0.15) is 11.2 Å². The Morgan fingerprint density at radius 2 is 1.00 bits per heavy atom. The van der Waals surface area contributed by atoms with Crippen molar-refractivity contribution >= 4 is 70.5 Å². The Labute approximate surface area is 345 Å². The van der Waals surface area contributed by atoms with Crippen molar-refractivity contribution in [3.8, 4) is 33.4 Å². The summed E-state index contributed by atoms with van der Waals surface area (Å²) in [6.07, 6.45) is 0. The zero-order valence-corrected chi connectivity index (χ0v) is 31.8. The molecule has 2 aliphatic rings. The SMILES string of the molecule is [2H]c1c([2H])c([2H])c(N(c2ccc3c(c2)-c2ccccc2C32c3ccccc3-c3ccccc32)c2ccc3oc4ccccc4c3c2)c(-c2cccc3sc4ccccc4c23)c1[2H]. The first-order valence-electron chi connectivity index (χ1n) is 21.6. The molecular formula is C55H33NOS. The van der Waals surface area contributed by atoms with Crippen LogP contribution < -0.4 is 4.90 Å². The van der Waals surface area contributed by atoms with Crippen molar-refractivity contribution in [1.29, 1.82) is 0 Å². The summed E-state index contributed by atoms with van der Waals surface area (Å²) in [5, 5.41) is 3.91. The molecule has 9 aromatic carbocycles. The number of thiophene rings is 1. The van der Waals surface area contributed by atoms with Gasteiger partial charge in [-0.25, -0.2) is 0 Å². The number of nitrogens with zero attached hydrogens (tertiary/aromatic N) is 1. The predicted octanol–water partition coefficient (Wildman–Crippen LogP) is 15.4. The van der Waals surface area contributed by atoms with E-state index in [0.29, 0.717) is 11.3 Å². The van der Waals surface area contributed by atoms with E-state index in [1.54, 1.807) is 11.3 Å². The first-order valence-corrected chi connectivity index (χ1v) is 20.4. The monoisotopic (exact) mass is 759 g/mol. The number of benzene rings is 9. The maximum absolute atomic E-state index is 9.87. The molecule has 270 valence electrons. The minimum Gasteiger partial charge on any atom is -0.456 e. The van der Waals surface area contributed by atoms with Gasteiger partial charge in [0.2, 0.25) is 0 Å². The topological polar surface area (TPSA) is 16.4 Å². The zero-order chi connectivity index (χ0) is 41.4. The third-order valence-electron chi connectivity index (χ3n) is 12.4. The lowest BCUT2D eigenvalue weighted by Crippen LogP contribution is -2.25. The summed E-state index contributed by atoms with van der Waals surface area (Å²) in [7, 11) is 0. The summed E-state index contributed by atoms with van der Waals surface area (Å²) >= 11 is 1.69. The van der Waals surface area contributed by atoms with Crippen LogP contribution in [0.5, 0.6) is 0 Å². The lowest BCUT2D eigenvalue weighted by atomic mass is 9.70. The van der Waals surface area contributed by atoms with E-state index in [0.717, 1.165) is 70.2 Å². The van der Waals surface area contributed by atoms with Crippen molar-refractivity contribution in [2.24, 2.45) is 0 Å². The molecule has 0 saturated heterocycles. The second kappa shape index (κ2) is 11.9. The maximum atomic E-state index is 9.87. The van der Waals surface area contributed by atoms with E-state index in [1.165, 1.54) is 33.4 Å². The highest BCUT2D eigenvalue weighted by molar-refractivity contribution is 7.25. The average Bonchev–Trinajstić information content (AvgIpc) is 4.05. The third kappa shape index (κ3) is 4.21. The second-order valence-corrected chi connectivity index (χ2v) is 16.3. The number of fused-ring (bicyclic) bond motifs is 16. The fourth-order valence-electron chi connectivity index (χ4n) is 10.1. The van der Waals surface area contributed by atoms with Crippen molar-refractivity contribution in [3.05, 3.63) is 222 Å². The minimum atomic E-state index is -0.534. The molecule has 0 atom stereocenters. The molecule has 2 nitrogen and oxygen atoms in total. The van der Waals surface area contributed by atoms with E-state index in [-0.39, 0.29) is 24.2 Å². The van der Waals surface area contributed by atoms with Gasteiger partial charge in [0.15, 0.2) is 0 Å². The number of anilines is 3. The molecule has 0 N–H and O–H groups in total. The van der Waals surface area contributed by atoms with Crippen LogP contribution in [0.15, 0.2) is 205 Å². The number of hydrogen-bond acceptors (Lipinski definition) is 3. The number of hydrogen-bond donors (Lipinski definition) is 0. The highest BCUT2D eigenvalue weighted by Gasteiger charge is 2.51. The molecule has 0 bridgehead atoms. The van der Waals surface area contributed by atoms with E-state index < -0.39 is 5.41 Å². The molecule has 2 aromatic heterocycles. The normalized spacial score (nSPS) is 14.3. The van der Waals surface area contributed by atoms with E-state index in [1.807, 2.05) is 59.5 Å². The number of rotatable bonds is 4. The zero-order valence-electron chi connectivity index (χ0n) is 35.0. The summed E-state index contributed by atoms with van der Waals surface area (Å²) in [6.45, 7) is 0. The van der Waals surface area contributed by atoms with E-state index in [2.05, 4.69) is 121 Å². The van der Waals surface area contributed by atoms with Gasteiger partial charge in [-0.2, -0.15) is 0 Å². The molecule has 0 amide bonds. The molecular weight excluding hydrogens is 723 g/mol.